The zero-order valence-corrected chi connectivity index (χ0v) is 20.1. The monoisotopic (exact) mass is 485 g/mol. The van der Waals surface area contributed by atoms with Gasteiger partial charge in [-0.1, -0.05) is 11.6 Å². The van der Waals surface area contributed by atoms with Gasteiger partial charge in [0.25, 0.3) is 5.91 Å². The van der Waals surface area contributed by atoms with Crippen molar-refractivity contribution >= 4 is 58.7 Å². The molecule has 1 saturated carbocycles. The van der Waals surface area contributed by atoms with Crippen molar-refractivity contribution in [2.45, 2.75) is 36.7 Å². The molecule has 0 unspecified atom stereocenters. The Labute approximate surface area is 202 Å². The van der Waals surface area contributed by atoms with Crippen molar-refractivity contribution in [3.8, 4) is 0 Å². The van der Waals surface area contributed by atoms with E-state index in [0.717, 1.165) is 47.3 Å². The van der Waals surface area contributed by atoms with Crippen LogP contribution in [0.4, 0.5) is 11.6 Å². The molecular formula is C24H28ClN5O2S. The lowest BCUT2D eigenvalue weighted by molar-refractivity contribution is 0.0910. The summed E-state index contributed by atoms with van der Waals surface area (Å²) < 4.78 is 1.97. The van der Waals surface area contributed by atoms with Gasteiger partial charge in [-0.25, -0.2) is 4.98 Å². The van der Waals surface area contributed by atoms with Gasteiger partial charge in [-0.15, -0.1) is 11.8 Å². The fraction of sp³-hybridized carbons (Fsp3) is 0.375. The Morgan fingerprint density at radius 1 is 1.27 bits per heavy atom. The molecule has 1 aliphatic carbocycles. The van der Waals surface area contributed by atoms with Crippen molar-refractivity contribution in [3.63, 3.8) is 0 Å². The van der Waals surface area contributed by atoms with E-state index < -0.39 is 0 Å². The number of aromatic nitrogens is 2. The molecule has 1 aromatic heterocycles. The van der Waals surface area contributed by atoms with Crippen LogP contribution in [0.25, 0.3) is 11.0 Å². The van der Waals surface area contributed by atoms with Gasteiger partial charge in [-0.3, -0.25) is 9.79 Å². The van der Waals surface area contributed by atoms with Crippen LogP contribution in [0, 0.1) is 5.92 Å². The molecule has 1 aliphatic rings. The molecule has 0 spiro atoms. The van der Waals surface area contributed by atoms with Gasteiger partial charge < -0.3 is 20.3 Å². The first-order valence-electron chi connectivity index (χ1n) is 11.0. The molecule has 33 heavy (non-hydrogen) atoms. The normalized spacial score (nSPS) is 18.3. The smallest absolute Gasteiger partial charge is 0.251 e. The number of carbonyl (C=O) groups is 1. The third-order valence-electron chi connectivity index (χ3n) is 6.06. The van der Waals surface area contributed by atoms with E-state index in [2.05, 4.69) is 27.3 Å². The Balaban J connectivity index is 1.38. The van der Waals surface area contributed by atoms with Crippen LogP contribution in [0.1, 0.15) is 36.0 Å². The topological polar surface area (TPSA) is 91.5 Å². The van der Waals surface area contributed by atoms with E-state index in [4.69, 9.17) is 11.6 Å². The number of carbonyl (C=O) groups excluding carboxylic acids is 1. The number of hydrogen-bond donors (Lipinski definition) is 3. The number of thioether (sulfide) groups is 1. The third-order valence-corrected chi connectivity index (χ3v) is 7.22. The van der Waals surface area contributed by atoms with E-state index in [1.807, 2.05) is 41.9 Å². The molecule has 1 heterocycles. The Morgan fingerprint density at radius 2 is 2.06 bits per heavy atom. The van der Waals surface area contributed by atoms with E-state index in [9.17, 15) is 9.90 Å². The first-order chi connectivity index (χ1) is 15.9. The number of benzene rings is 2. The standard InChI is InChI=1S/C24H28ClN5O2S/c1-26-19-9-6-17(25)12-22(19)33-14-28-24-29-20-11-16(5-10-21(20)30(24)2)23(32)27-13-15-3-7-18(31)8-4-15/h5-6,9-12,15,18,31H,1,3-4,7-8,13-14H2,2H3,(H,27,32)(H,28,29)/t15-,18-. The predicted molar refractivity (Wildman–Crippen MR) is 136 cm³/mol. The van der Waals surface area contributed by atoms with Gasteiger partial charge in [0.05, 0.1) is 28.7 Å². The number of imidazole rings is 1. The number of halogens is 1. The van der Waals surface area contributed by atoms with Crippen LogP contribution in [0.2, 0.25) is 5.02 Å². The molecule has 1 fully saturated rings. The summed E-state index contributed by atoms with van der Waals surface area (Å²) in [5.74, 6) is 1.62. The zero-order chi connectivity index (χ0) is 23.4. The quantitative estimate of drug-likeness (QED) is 0.237. The molecule has 0 saturated heterocycles. The van der Waals surface area contributed by atoms with Crippen LogP contribution < -0.4 is 10.6 Å². The summed E-state index contributed by atoms with van der Waals surface area (Å²) in [7, 11) is 1.94. The lowest BCUT2D eigenvalue weighted by atomic mass is 9.87. The van der Waals surface area contributed by atoms with Crippen LogP contribution in [-0.4, -0.2) is 45.8 Å². The highest BCUT2D eigenvalue weighted by molar-refractivity contribution is 7.99. The summed E-state index contributed by atoms with van der Waals surface area (Å²) in [5.41, 5.74) is 3.08. The van der Waals surface area contributed by atoms with Gasteiger partial charge >= 0.3 is 0 Å². The number of nitrogens with zero attached hydrogens (tertiary/aromatic N) is 3. The SMILES string of the molecule is C=Nc1ccc(Cl)cc1SCNc1nc2cc(C(=O)NC[C@H]3CC[C@H](O)CC3)ccc2n1C. The maximum atomic E-state index is 12.7. The largest absolute Gasteiger partial charge is 0.393 e. The number of aryl methyl sites for hydroxylation is 1. The van der Waals surface area contributed by atoms with Gasteiger partial charge in [0.2, 0.25) is 5.95 Å². The van der Waals surface area contributed by atoms with E-state index in [0.29, 0.717) is 34.9 Å². The highest BCUT2D eigenvalue weighted by atomic mass is 35.5. The average molecular weight is 486 g/mol. The molecule has 0 aliphatic heterocycles. The second-order valence-electron chi connectivity index (χ2n) is 8.32. The van der Waals surface area contributed by atoms with Gasteiger partial charge in [0.1, 0.15) is 0 Å². The molecule has 3 N–H and O–H groups in total. The zero-order valence-electron chi connectivity index (χ0n) is 18.6. The van der Waals surface area contributed by atoms with Crippen LogP contribution in [-0.2, 0) is 7.05 Å². The van der Waals surface area contributed by atoms with Crippen LogP contribution in [0.3, 0.4) is 0 Å². The van der Waals surface area contributed by atoms with E-state index in [-0.39, 0.29) is 12.0 Å². The van der Waals surface area contributed by atoms with E-state index in [1.54, 1.807) is 17.8 Å². The number of aliphatic hydroxyl groups is 1. The maximum absolute atomic E-state index is 12.7. The lowest BCUT2D eigenvalue weighted by Crippen LogP contribution is -2.32. The number of anilines is 1. The number of hydrogen-bond acceptors (Lipinski definition) is 6. The van der Waals surface area contributed by atoms with Crippen LogP contribution >= 0.6 is 23.4 Å². The first kappa shape index (κ1) is 23.6. The van der Waals surface area contributed by atoms with Gasteiger partial charge in [0.15, 0.2) is 0 Å². The summed E-state index contributed by atoms with van der Waals surface area (Å²) in [5, 5.41) is 16.7. The third kappa shape index (κ3) is 5.69. The molecule has 9 heteroatoms. The summed E-state index contributed by atoms with van der Waals surface area (Å²) in [6.07, 6.45) is 3.35. The second-order valence-corrected chi connectivity index (χ2v) is 9.77. The van der Waals surface area contributed by atoms with Crippen molar-refractivity contribution in [3.05, 3.63) is 47.0 Å². The summed E-state index contributed by atoms with van der Waals surface area (Å²) in [6.45, 7) is 4.25. The molecule has 2 aromatic carbocycles. The number of aliphatic hydroxyl groups excluding tert-OH is 1. The van der Waals surface area contributed by atoms with Gasteiger partial charge in [-0.2, -0.15) is 0 Å². The number of rotatable bonds is 8. The fourth-order valence-electron chi connectivity index (χ4n) is 4.10. The first-order valence-corrected chi connectivity index (χ1v) is 12.4. The molecule has 174 valence electrons. The molecule has 1 amide bonds. The minimum absolute atomic E-state index is 0.0934. The molecular weight excluding hydrogens is 458 g/mol. The fourth-order valence-corrected chi connectivity index (χ4v) is 5.18. The molecule has 3 aromatic rings. The lowest BCUT2D eigenvalue weighted by Gasteiger charge is -2.25. The molecule has 0 bridgehead atoms. The molecule has 7 nitrogen and oxygen atoms in total. The summed E-state index contributed by atoms with van der Waals surface area (Å²) in [4.78, 5) is 22.3. The van der Waals surface area contributed by atoms with Crippen LogP contribution in [0.15, 0.2) is 46.3 Å². The maximum Gasteiger partial charge on any atom is 0.251 e. The van der Waals surface area contributed by atoms with Crippen molar-refractivity contribution in [2.24, 2.45) is 18.0 Å². The Hall–Kier alpha value is -2.55. The molecule has 4 rings (SSSR count). The Kier molecular flexibility index (Phi) is 7.57. The van der Waals surface area contributed by atoms with Crippen LogP contribution in [0.5, 0.6) is 0 Å². The molecule has 0 radical (unpaired) electrons. The summed E-state index contributed by atoms with van der Waals surface area (Å²) in [6, 6.07) is 11.1. The van der Waals surface area contributed by atoms with E-state index in [1.165, 1.54) is 0 Å². The number of aliphatic imine (C=N–C) groups is 1. The molecule has 0 atom stereocenters. The highest BCUT2D eigenvalue weighted by Gasteiger charge is 2.20. The predicted octanol–water partition coefficient (Wildman–Crippen LogP) is 5.00. The number of fused-ring (bicyclic) bond motifs is 1. The second kappa shape index (κ2) is 10.6. The van der Waals surface area contributed by atoms with Gasteiger partial charge in [0, 0.05) is 29.1 Å². The summed E-state index contributed by atoms with van der Waals surface area (Å²) >= 11 is 7.67. The van der Waals surface area contributed by atoms with Gasteiger partial charge in [-0.05, 0) is 74.7 Å². The van der Waals surface area contributed by atoms with Crippen molar-refractivity contribution < 1.29 is 9.90 Å². The minimum Gasteiger partial charge on any atom is -0.393 e. The number of amides is 1. The number of nitrogens with one attached hydrogen (secondary N) is 2. The highest BCUT2D eigenvalue weighted by Crippen LogP contribution is 2.32. The van der Waals surface area contributed by atoms with Crippen molar-refractivity contribution in [1.29, 1.82) is 0 Å². The minimum atomic E-state index is -0.184. The van der Waals surface area contributed by atoms with Crippen molar-refractivity contribution in [2.75, 3.05) is 17.7 Å². The Morgan fingerprint density at radius 3 is 2.82 bits per heavy atom. The van der Waals surface area contributed by atoms with Crippen molar-refractivity contribution in [1.82, 2.24) is 14.9 Å². The average Bonchev–Trinajstić information content (AvgIpc) is 3.13. The van der Waals surface area contributed by atoms with E-state index >= 15 is 0 Å². The Bertz CT molecular complexity index is 1160.